The van der Waals surface area contributed by atoms with E-state index in [9.17, 15) is 14.7 Å². The number of carboxylic acid groups (broad SMARTS) is 1. The lowest BCUT2D eigenvalue weighted by molar-refractivity contribution is -0.143. The molecule has 5 heteroatoms. The molecule has 4 nitrogen and oxygen atoms in total. The predicted octanol–water partition coefficient (Wildman–Crippen LogP) is 3.31. The third kappa shape index (κ3) is 3.19. The summed E-state index contributed by atoms with van der Waals surface area (Å²) in [6, 6.07) is 1.90. The molecule has 4 atom stereocenters. The van der Waals surface area contributed by atoms with Crippen LogP contribution in [0.4, 0.5) is 0 Å². The highest BCUT2D eigenvalue weighted by Crippen LogP contribution is 2.50. The maximum Gasteiger partial charge on any atom is 0.308 e. The number of aliphatic carboxylic acids is 1. The lowest BCUT2D eigenvalue weighted by Gasteiger charge is -2.23. The third-order valence-corrected chi connectivity index (χ3v) is 6.18. The van der Waals surface area contributed by atoms with Crippen LogP contribution in [-0.2, 0) is 9.59 Å². The van der Waals surface area contributed by atoms with Crippen molar-refractivity contribution in [3.8, 4) is 0 Å². The highest BCUT2D eigenvalue weighted by molar-refractivity contribution is 7.10. The molecule has 0 spiro atoms. The first-order valence-corrected chi connectivity index (χ1v) is 9.03. The van der Waals surface area contributed by atoms with Gasteiger partial charge in [-0.15, -0.1) is 11.3 Å². The van der Waals surface area contributed by atoms with Crippen molar-refractivity contribution in [1.82, 2.24) is 5.32 Å². The molecule has 3 rings (SSSR count). The minimum atomic E-state index is -0.770. The van der Waals surface area contributed by atoms with Gasteiger partial charge in [0.2, 0.25) is 5.91 Å². The molecule has 1 amide bonds. The first-order valence-electron chi connectivity index (χ1n) is 8.15. The lowest BCUT2D eigenvalue weighted by atomic mass is 9.94. The van der Waals surface area contributed by atoms with Crippen molar-refractivity contribution < 1.29 is 14.7 Å². The van der Waals surface area contributed by atoms with Crippen molar-refractivity contribution in [3.05, 3.63) is 21.9 Å². The third-order valence-electron chi connectivity index (χ3n) is 5.03. The second kappa shape index (κ2) is 6.41. The Labute approximate surface area is 134 Å². The number of hydrogen-bond donors (Lipinski definition) is 2. The van der Waals surface area contributed by atoms with Gasteiger partial charge in [0.1, 0.15) is 0 Å². The lowest BCUT2D eigenvalue weighted by Crippen LogP contribution is -2.43. The maximum absolute atomic E-state index is 12.5. The van der Waals surface area contributed by atoms with Crippen molar-refractivity contribution in [1.29, 1.82) is 0 Å². The molecule has 2 aliphatic carbocycles. The summed E-state index contributed by atoms with van der Waals surface area (Å²) in [6.07, 6.45) is 5.39. The molecule has 1 aromatic rings. The Morgan fingerprint density at radius 3 is 2.68 bits per heavy atom. The van der Waals surface area contributed by atoms with Gasteiger partial charge in [-0.25, -0.2) is 0 Å². The topological polar surface area (TPSA) is 66.4 Å². The number of hydrogen-bond acceptors (Lipinski definition) is 3. The van der Waals surface area contributed by atoms with E-state index in [4.69, 9.17) is 0 Å². The fourth-order valence-electron chi connectivity index (χ4n) is 3.60. The summed E-state index contributed by atoms with van der Waals surface area (Å²) in [6.45, 7) is 2.09. The second-order valence-electron chi connectivity index (χ2n) is 6.61. The number of thiophene rings is 1. The van der Waals surface area contributed by atoms with E-state index in [1.165, 1.54) is 10.4 Å². The molecule has 0 aliphatic heterocycles. The van der Waals surface area contributed by atoms with Gasteiger partial charge in [0.15, 0.2) is 0 Å². The standard InChI is InChI=1S/C17H23NO3S/c1-10-7-8-22-15(10)12-9-13(12)16(19)18-14-6-4-2-3-5-11(14)17(20)21/h7-8,11-14H,2-6,9H2,1H3,(H,18,19)(H,20,21)/t11-,12?,13?,14+/m1/s1. The molecule has 22 heavy (non-hydrogen) atoms. The Morgan fingerprint density at radius 1 is 1.23 bits per heavy atom. The highest BCUT2D eigenvalue weighted by Gasteiger charge is 2.46. The quantitative estimate of drug-likeness (QED) is 0.836. The van der Waals surface area contributed by atoms with Gasteiger partial charge >= 0.3 is 5.97 Å². The summed E-state index contributed by atoms with van der Waals surface area (Å²) in [4.78, 5) is 25.2. The van der Waals surface area contributed by atoms with Gasteiger partial charge in [0.05, 0.1) is 5.92 Å². The van der Waals surface area contributed by atoms with Gasteiger partial charge in [-0.1, -0.05) is 19.3 Å². The maximum atomic E-state index is 12.5. The minimum absolute atomic E-state index is 0.0371. The Kier molecular flexibility index (Phi) is 4.52. The van der Waals surface area contributed by atoms with Crippen LogP contribution in [0.25, 0.3) is 0 Å². The number of carbonyl (C=O) groups is 2. The molecule has 1 aromatic heterocycles. The molecule has 2 N–H and O–H groups in total. The first-order chi connectivity index (χ1) is 10.6. The molecular formula is C17H23NO3S. The van der Waals surface area contributed by atoms with Gasteiger partial charge in [0.25, 0.3) is 0 Å². The molecule has 0 aromatic carbocycles. The summed E-state index contributed by atoms with van der Waals surface area (Å²) in [5.74, 6) is -0.763. The highest BCUT2D eigenvalue weighted by atomic mass is 32.1. The molecular weight excluding hydrogens is 298 g/mol. The normalized spacial score (nSPS) is 31.3. The van der Waals surface area contributed by atoms with Gasteiger partial charge in [-0.2, -0.15) is 0 Å². The van der Waals surface area contributed by atoms with E-state index in [1.807, 2.05) is 0 Å². The number of nitrogens with one attached hydrogen (secondary N) is 1. The molecule has 2 fully saturated rings. The zero-order valence-corrected chi connectivity index (χ0v) is 13.7. The van der Waals surface area contributed by atoms with Crippen LogP contribution in [0.3, 0.4) is 0 Å². The Morgan fingerprint density at radius 2 is 2.00 bits per heavy atom. The van der Waals surface area contributed by atoms with Gasteiger partial charge in [-0.3, -0.25) is 9.59 Å². The fraction of sp³-hybridized carbons (Fsp3) is 0.647. The van der Waals surface area contributed by atoms with Crippen molar-refractivity contribution in [3.63, 3.8) is 0 Å². The van der Waals surface area contributed by atoms with Crippen LogP contribution >= 0.6 is 11.3 Å². The molecule has 2 unspecified atom stereocenters. The SMILES string of the molecule is Cc1ccsc1C1CC1C(=O)N[C@H]1CCCCC[C@H]1C(=O)O. The molecule has 1 heterocycles. The smallest absolute Gasteiger partial charge is 0.308 e. The van der Waals surface area contributed by atoms with E-state index in [1.54, 1.807) is 11.3 Å². The first kappa shape index (κ1) is 15.5. The number of aryl methyl sites for hydroxylation is 1. The fourth-order valence-corrected chi connectivity index (χ4v) is 4.71. The van der Waals surface area contributed by atoms with Crippen molar-refractivity contribution in [2.24, 2.45) is 11.8 Å². The number of carbonyl (C=O) groups excluding carboxylic acids is 1. The van der Waals surface area contributed by atoms with Gasteiger partial charge < -0.3 is 10.4 Å². The van der Waals surface area contributed by atoms with E-state index in [0.717, 1.165) is 32.1 Å². The van der Waals surface area contributed by atoms with E-state index >= 15 is 0 Å². The molecule has 0 radical (unpaired) electrons. The Bertz CT molecular complexity index is 568. The van der Waals surface area contributed by atoms with E-state index in [2.05, 4.69) is 23.7 Å². The van der Waals surface area contributed by atoms with Crippen molar-refractivity contribution >= 4 is 23.2 Å². The number of amides is 1. The summed E-state index contributed by atoms with van der Waals surface area (Å²) in [5, 5.41) is 14.5. The second-order valence-corrected chi connectivity index (χ2v) is 7.56. The van der Waals surface area contributed by atoms with Crippen LogP contribution in [0.1, 0.15) is 54.9 Å². The molecule has 120 valence electrons. The van der Waals surface area contributed by atoms with Crippen LogP contribution in [0, 0.1) is 18.8 Å². The van der Waals surface area contributed by atoms with Gasteiger partial charge in [0, 0.05) is 22.8 Å². The average molecular weight is 321 g/mol. The summed E-state index contributed by atoms with van der Waals surface area (Å²) < 4.78 is 0. The zero-order chi connectivity index (χ0) is 15.7. The van der Waals surface area contributed by atoms with E-state index in [0.29, 0.717) is 12.3 Å². The van der Waals surface area contributed by atoms with Crippen molar-refractivity contribution in [2.45, 2.75) is 57.4 Å². The van der Waals surface area contributed by atoms with E-state index in [-0.39, 0.29) is 17.9 Å². The van der Waals surface area contributed by atoms with Crippen molar-refractivity contribution in [2.75, 3.05) is 0 Å². The zero-order valence-electron chi connectivity index (χ0n) is 12.9. The molecule has 2 aliphatic rings. The number of rotatable bonds is 4. The Hall–Kier alpha value is -1.36. The largest absolute Gasteiger partial charge is 0.481 e. The van der Waals surface area contributed by atoms with E-state index < -0.39 is 11.9 Å². The van der Waals surface area contributed by atoms with Crippen LogP contribution in [0.15, 0.2) is 11.4 Å². The van der Waals surface area contributed by atoms with Crippen LogP contribution in [-0.4, -0.2) is 23.0 Å². The summed E-state index contributed by atoms with van der Waals surface area (Å²) >= 11 is 1.72. The molecule has 0 saturated heterocycles. The Balaban J connectivity index is 1.61. The van der Waals surface area contributed by atoms with Crippen LogP contribution < -0.4 is 5.32 Å². The number of carboxylic acids is 1. The molecule has 0 bridgehead atoms. The van der Waals surface area contributed by atoms with Gasteiger partial charge in [-0.05, 0) is 43.2 Å². The summed E-state index contributed by atoms with van der Waals surface area (Å²) in [5.41, 5.74) is 1.27. The van der Waals surface area contributed by atoms with Crippen LogP contribution in [0.2, 0.25) is 0 Å². The average Bonchev–Trinajstić information content (AvgIpc) is 3.20. The minimum Gasteiger partial charge on any atom is -0.481 e. The molecule has 2 saturated carbocycles. The monoisotopic (exact) mass is 321 g/mol. The summed E-state index contributed by atoms with van der Waals surface area (Å²) in [7, 11) is 0. The predicted molar refractivity (Wildman–Crippen MR) is 86.0 cm³/mol. The van der Waals surface area contributed by atoms with Crippen LogP contribution in [0.5, 0.6) is 0 Å².